The lowest BCUT2D eigenvalue weighted by atomic mass is 10.1. The minimum atomic E-state index is -0.160. The molecule has 0 bridgehead atoms. The molecule has 0 radical (unpaired) electrons. The highest BCUT2D eigenvalue weighted by Crippen LogP contribution is 2.40. The van der Waals surface area contributed by atoms with E-state index in [1.165, 1.54) is 6.08 Å². The quantitative estimate of drug-likeness (QED) is 0.849. The Morgan fingerprint density at radius 1 is 1.18 bits per heavy atom. The number of hydrogen-bond acceptors (Lipinski definition) is 3. The summed E-state index contributed by atoms with van der Waals surface area (Å²) in [5.41, 5.74) is 1.85. The maximum atomic E-state index is 11.9. The Morgan fingerprint density at radius 3 is 2.82 bits per heavy atom. The normalized spacial score (nSPS) is 12.6. The van der Waals surface area contributed by atoms with Crippen LogP contribution in [0.5, 0.6) is 11.5 Å². The fourth-order valence-corrected chi connectivity index (χ4v) is 2.57. The van der Waals surface area contributed by atoms with E-state index in [1.807, 2.05) is 42.5 Å². The van der Waals surface area contributed by atoms with Gasteiger partial charge in [0.15, 0.2) is 11.5 Å². The van der Waals surface area contributed by atoms with Crippen LogP contribution in [0.3, 0.4) is 0 Å². The number of ether oxygens (including phenoxy) is 2. The van der Waals surface area contributed by atoms with Gasteiger partial charge >= 0.3 is 0 Å². The van der Waals surface area contributed by atoms with E-state index < -0.39 is 0 Å². The highest BCUT2D eigenvalue weighted by molar-refractivity contribution is 9.10. The summed E-state index contributed by atoms with van der Waals surface area (Å²) in [5.74, 6) is 1.18. The number of halogens is 1. The average molecular weight is 360 g/mol. The van der Waals surface area contributed by atoms with Crippen LogP contribution >= 0.6 is 15.9 Å². The van der Waals surface area contributed by atoms with Gasteiger partial charge in [0.1, 0.15) is 0 Å². The molecule has 5 heteroatoms. The van der Waals surface area contributed by atoms with Gasteiger partial charge in [-0.1, -0.05) is 46.3 Å². The van der Waals surface area contributed by atoms with E-state index >= 15 is 0 Å². The van der Waals surface area contributed by atoms with Crippen LogP contribution in [0.15, 0.2) is 53.0 Å². The molecule has 1 amide bonds. The predicted octanol–water partition coefficient (Wildman–Crippen LogP) is 3.51. The first-order chi connectivity index (χ1) is 10.7. The summed E-state index contributed by atoms with van der Waals surface area (Å²) >= 11 is 3.46. The maximum Gasteiger partial charge on any atom is 0.244 e. The first kappa shape index (κ1) is 14.7. The van der Waals surface area contributed by atoms with Crippen LogP contribution in [-0.4, -0.2) is 12.7 Å². The Balaban J connectivity index is 1.67. The molecular weight excluding hydrogens is 346 g/mol. The van der Waals surface area contributed by atoms with Crippen LogP contribution in [0.25, 0.3) is 6.08 Å². The molecule has 1 aliphatic heterocycles. The lowest BCUT2D eigenvalue weighted by Gasteiger charge is -2.04. The molecule has 0 unspecified atom stereocenters. The van der Waals surface area contributed by atoms with Gasteiger partial charge < -0.3 is 14.8 Å². The summed E-state index contributed by atoms with van der Waals surface area (Å²) in [6.45, 7) is 0.699. The Bertz CT molecular complexity index is 713. The van der Waals surface area contributed by atoms with Crippen molar-refractivity contribution in [2.45, 2.75) is 6.54 Å². The first-order valence-corrected chi connectivity index (χ1v) is 7.61. The van der Waals surface area contributed by atoms with Crippen LogP contribution in [0, 0.1) is 0 Å². The van der Waals surface area contributed by atoms with Gasteiger partial charge in [-0.3, -0.25) is 4.79 Å². The fourth-order valence-electron chi connectivity index (χ4n) is 2.13. The molecule has 1 heterocycles. The molecule has 2 aromatic rings. The largest absolute Gasteiger partial charge is 0.454 e. The highest BCUT2D eigenvalue weighted by atomic mass is 79.9. The van der Waals surface area contributed by atoms with Gasteiger partial charge in [-0.25, -0.2) is 0 Å². The summed E-state index contributed by atoms with van der Waals surface area (Å²) < 4.78 is 11.6. The van der Waals surface area contributed by atoms with E-state index in [1.54, 1.807) is 6.08 Å². The van der Waals surface area contributed by atoms with Crippen LogP contribution < -0.4 is 14.8 Å². The third-order valence-electron chi connectivity index (χ3n) is 3.24. The molecule has 0 spiro atoms. The molecule has 1 aliphatic rings. The second-order valence-electron chi connectivity index (χ2n) is 4.73. The number of carbonyl (C=O) groups excluding carboxylic acids is 1. The summed E-state index contributed by atoms with van der Waals surface area (Å²) in [4.78, 5) is 11.9. The average Bonchev–Trinajstić information content (AvgIpc) is 3.01. The van der Waals surface area contributed by atoms with Gasteiger partial charge in [-0.2, -0.15) is 0 Å². The third kappa shape index (κ3) is 3.31. The molecular formula is C17H14BrNO3. The van der Waals surface area contributed by atoms with Crippen molar-refractivity contribution >= 4 is 27.9 Å². The number of rotatable bonds is 4. The predicted molar refractivity (Wildman–Crippen MR) is 87.6 cm³/mol. The first-order valence-electron chi connectivity index (χ1n) is 6.82. The second-order valence-corrected chi connectivity index (χ2v) is 5.59. The highest BCUT2D eigenvalue weighted by Gasteiger charge is 2.18. The molecule has 4 nitrogen and oxygen atoms in total. The van der Waals surface area contributed by atoms with Crippen molar-refractivity contribution in [2.75, 3.05) is 6.79 Å². The molecule has 0 saturated carbocycles. The molecule has 1 N–H and O–H groups in total. The van der Waals surface area contributed by atoms with E-state index in [0.29, 0.717) is 18.0 Å². The van der Waals surface area contributed by atoms with Gasteiger partial charge in [0, 0.05) is 22.7 Å². The van der Waals surface area contributed by atoms with Gasteiger partial charge in [0.25, 0.3) is 0 Å². The third-order valence-corrected chi connectivity index (χ3v) is 3.93. The molecule has 0 saturated heterocycles. The molecule has 3 rings (SSSR count). The monoisotopic (exact) mass is 359 g/mol. The molecule has 0 fully saturated rings. The van der Waals surface area contributed by atoms with Crippen molar-refractivity contribution in [1.82, 2.24) is 5.32 Å². The van der Waals surface area contributed by atoms with Gasteiger partial charge in [0.2, 0.25) is 12.7 Å². The Morgan fingerprint density at radius 2 is 2.00 bits per heavy atom. The maximum absolute atomic E-state index is 11.9. The number of amides is 1. The molecule has 2 aromatic carbocycles. The molecule has 22 heavy (non-hydrogen) atoms. The lowest BCUT2D eigenvalue weighted by Crippen LogP contribution is -2.20. The number of benzene rings is 2. The van der Waals surface area contributed by atoms with Crippen LogP contribution in [0.1, 0.15) is 11.1 Å². The number of nitrogens with one attached hydrogen (secondary N) is 1. The zero-order valence-electron chi connectivity index (χ0n) is 11.7. The molecule has 0 atom stereocenters. The van der Waals surface area contributed by atoms with E-state index in [0.717, 1.165) is 15.6 Å². The van der Waals surface area contributed by atoms with Crippen LogP contribution in [-0.2, 0) is 11.3 Å². The summed E-state index contributed by atoms with van der Waals surface area (Å²) in [6.07, 6.45) is 3.21. The van der Waals surface area contributed by atoms with E-state index in [-0.39, 0.29) is 12.7 Å². The van der Waals surface area contributed by atoms with Crippen molar-refractivity contribution in [3.05, 3.63) is 64.1 Å². The number of carbonyl (C=O) groups is 1. The number of fused-ring (bicyclic) bond motifs is 1. The zero-order chi connectivity index (χ0) is 15.4. The van der Waals surface area contributed by atoms with Crippen molar-refractivity contribution in [3.63, 3.8) is 0 Å². The smallest absolute Gasteiger partial charge is 0.244 e. The minimum Gasteiger partial charge on any atom is -0.454 e. The van der Waals surface area contributed by atoms with Crippen molar-refractivity contribution in [1.29, 1.82) is 0 Å². The van der Waals surface area contributed by atoms with Crippen LogP contribution in [0.4, 0.5) is 0 Å². The van der Waals surface area contributed by atoms with E-state index in [2.05, 4.69) is 21.2 Å². The van der Waals surface area contributed by atoms with Crippen LogP contribution in [0.2, 0.25) is 0 Å². The molecule has 112 valence electrons. The summed E-state index contributed by atoms with van der Waals surface area (Å²) in [5, 5.41) is 2.84. The standard InChI is InChI=1S/C17H14BrNO3/c18-14-7-8-15-17(22-11-21-15)13(14)6-9-16(20)19-10-12-4-2-1-3-5-12/h1-9H,10-11H2,(H,19,20)/b9-6+. The Labute approximate surface area is 136 Å². The van der Waals surface area contributed by atoms with Gasteiger partial charge in [-0.05, 0) is 23.8 Å². The number of hydrogen-bond donors (Lipinski definition) is 1. The summed E-state index contributed by atoms with van der Waals surface area (Å²) in [6, 6.07) is 13.5. The topological polar surface area (TPSA) is 47.6 Å². The zero-order valence-corrected chi connectivity index (χ0v) is 13.3. The van der Waals surface area contributed by atoms with Gasteiger partial charge in [0.05, 0.1) is 0 Å². The Hall–Kier alpha value is -2.27. The SMILES string of the molecule is O=C(/C=C/c1c(Br)ccc2c1OCO2)NCc1ccccc1. The molecule has 0 aliphatic carbocycles. The second kappa shape index (κ2) is 6.66. The fraction of sp³-hybridized carbons (Fsp3) is 0.118. The van der Waals surface area contributed by atoms with E-state index in [9.17, 15) is 4.79 Å². The van der Waals surface area contributed by atoms with Crippen molar-refractivity contribution in [3.8, 4) is 11.5 Å². The summed E-state index contributed by atoms with van der Waals surface area (Å²) in [7, 11) is 0. The molecule has 0 aromatic heterocycles. The minimum absolute atomic E-state index is 0.160. The lowest BCUT2D eigenvalue weighted by molar-refractivity contribution is -0.116. The Kier molecular flexibility index (Phi) is 4.44. The van der Waals surface area contributed by atoms with Crippen molar-refractivity contribution < 1.29 is 14.3 Å². The van der Waals surface area contributed by atoms with Gasteiger partial charge in [-0.15, -0.1) is 0 Å². The van der Waals surface area contributed by atoms with E-state index in [4.69, 9.17) is 9.47 Å². The van der Waals surface area contributed by atoms with Crippen molar-refractivity contribution in [2.24, 2.45) is 0 Å².